The van der Waals surface area contributed by atoms with E-state index in [4.69, 9.17) is 11.6 Å². The summed E-state index contributed by atoms with van der Waals surface area (Å²) in [5, 5.41) is 2.99. The van der Waals surface area contributed by atoms with Gasteiger partial charge in [-0.2, -0.15) is 13.2 Å². The summed E-state index contributed by atoms with van der Waals surface area (Å²) in [6, 6.07) is 2.35. The van der Waals surface area contributed by atoms with Crippen molar-refractivity contribution in [1.29, 1.82) is 0 Å². The number of nitrogens with one attached hydrogen (secondary N) is 1. The molecule has 0 unspecified atom stereocenters. The van der Waals surface area contributed by atoms with Crippen molar-refractivity contribution in [3.8, 4) is 0 Å². The van der Waals surface area contributed by atoms with Crippen molar-refractivity contribution in [2.75, 3.05) is 26.2 Å². The summed E-state index contributed by atoms with van der Waals surface area (Å²) in [4.78, 5) is 1.67. The summed E-state index contributed by atoms with van der Waals surface area (Å²) in [6.07, 6.45) is -7.95. The highest BCUT2D eigenvalue weighted by molar-refractivity contribution is 6.30. The Labute approximate surface area is 142 Å². The molecule has 2 nitrogen and oxygen atoms in total. The third-order valence-electron chi connectivity index (χ3n) is 3.67. The Hall–Kier alpha value is -0.630. The van der Waals surface area contributed by atoms with Crippen molar-refractivity contribution in [3.63, 3.8) is 0 Å². The van der Waals surface area contributed by atoms with E-state index < -0.39 is 30.6 Å². The Bertz CT molecular complexity index is 504. The predicted molar refractivity (Wildman–Crippen MR) is 81.5 cm³/mol. The van der Waals surface area contributed by atoms with E-state index in [1.807, 2.05) is 0 Å². The molecular weight excluding hydrogens is 362 g/mol. The fourth-order valence-corrected chi connectivity index (χ4v) is 2.87. The van der Waals surface area contributed by atoms with Crippen molar-refractivity contribution in [2.45, 2.75) is 25.1 Å². The highest BCUT2D eigenvalue weighted by atomic mass is 35.5. The first-order chi connectivity index (χ1) is 10.3. The Morgan fingerprint density at radius 1 is 1.17 bits per heavy atom. The van der Waals surface area contributed by atoms with Crippen LogP contribution in [0.5, 0.6) is 0 Å². The zero-order valence-corrected chi connectivity index (χ0v) is 13.6. The average Bonchev–Trinajstić information content (AvgIpc) is 2.45. The molecule has 1 saturated heterocycles. The standard InChI is InChI=1S/C14H16ClF5N2.ClH/c15-9-1-2-10(11(7-9)14(18,19)20)12(8-13(16)17)22-5-3-21-4-6-22;/h1-2,7,12-13,21H,3-6,8H2;1H/t12-;/m0./s1. The minimum Gasteiger partial charge on any atom is -0.314 e. The molecule has 1 aliphatic heterocycles. The first kappa shape index (κ1) is 20.4. The lowest BCUT2D eigenvalue weighted by atomic mass is 9.95. The summed E-state index contributed by atoms with van der Waals surface area (Å²) in [6.45, 7) is 1.98. The second-order valence-electron chi connectivity index (χ2n) is 5.16. The van der Waals surface area contributed by atoms with Gasteiger partial charge in [-0.1, -0.05) is 17.7 Å². The summed E-state index contributed by atoms with van der Waals surface area (Å²) >= 11 is 5.65. The third-order valence-corrected chi connectivity index (χ3v) is 3.91. The van der Waals surface area contributed by atoms with E-state index in [0.717, 1.165) is 6.07 Å². The Morgan fingerprint density at radius 2 is 1.78 bits per heavy atom. The number of halogens is 7. The highest BCUT2D eigenvalue weighted by Crippen LogP contribution is 2.39. The van der Waals surface area contributed by atoms with E-state index in [1.165, 1.54) is 12.1 Å². The van der Waals surface area contributed by atoms with Crippen molar-refractivity contribution in [3.05, 3.63) is 34.3 Å². The lowest BCUT2D eigenvalue weighted by molar-refractivity contribution is -0.139. The molecule has 1 atom stereocenters. The van der Waals surface area contributed by atoms with Crippen molar-refractivity contribution in [1.82, 2.24) is 10.2 Å². The van der Waals surface area contributed by atoms with Gasteiger partial charge in [-0.3, -0.25) is 4.90 Å². The Balaban J connectivity index is 0.00000264. The second kappa shape index (κ2) is 8.46. The SMILES string of the molecule is Cl.FC(F)C[C@@H](c1ccc(Cl)cc1C(F)(F)F)N1CCNCC1. The van der Waals surface area contributed by atoms with Gasteiger partial charge in [-0.25, -0.2) is 8.78 Å². The summed E-state index contributed by atoms with van der Waals surface area (Å²) in [5.74, 6) is 0. The number of hydrogen-bond acceptors (Lipinski definition) is 2. The zero-order chi connectivity index (χ0) is 16.3. The van der Waals surface area contributed by atoms with Crippen LogP contribution in [0.1, 0.15) is 23.6 Å². The number of alkyl halides is 5. The van der Waals surface area contributed by atoms with Crippen LogP contribution in [-0.2, 0) is 6.18 Å². The highest BCUT2D eigenvalue weighted by Gasteiger charge is 2.37. The molecule has 0 aromatic heterocycles. The van der Waals surface area contributed by atoms with Crippen LogP contribution in [0.4, 0.5) is 22.0 Å². The van der Waals surface area contributed by atoms with Gasteiger partial charge in [-0.15, -0.1) is 12.4 Å². The van der Waals surface area contributed by atoms with Gasteiger partial charge in [0.25, 0.3) is 0 Å². The Morgan fingerprint density at radius 3 is 2.30 bits per heavy atom. The van der Waals surface area contributed by atoms with Gasteiger partial charge < -0.3 is 5.32 Å². The monoisotopic (exact) mass is 378 g/mol. The van der Waals surface area contributed by atoms with E-state index in [-0.39, 0.29) is 23.0 Å². The molecule has 0 bridgehead atoms. The first-order valence-corrected chi connectivity index (χ1v) is 7.26. The van der Waals surface area contributed by atoms with Crippen LogP contribution in [0.3, 0.4) is 0 Å². The fourth-order valence-electron chi connectivity index (χ4n) is 2.70. The smallest absolute Gasteiger partial charge is 0.314 e. The molecule has 1 heterocycles. The summed E-state index contributed by atoms with van der Waals surface area (Å²) < 4.78 is 65.4. The van der Waals surface area contributed by atoms with Crippen molar-refractivity contribution >= 4 is 24.0 Å². The predicted octanol–water partition coefficient (Wildman–Crippen LogP) is 4.38. The van der Waals surface area contributed by atoms with Gasteiger partial charge in [0, 0.05) is 43.7 Å². The van der Waals surface area contributed by atoms with Crippen LogP contribution in [0.25, 0.3) is 0 Å². The van der Waals surface area contributed by atoms with Gasteiger partial charge in [-0.05, 0) is 17.7 Å². The van der Waals surface area contributed by atoms with Gasteiger partial charge in [0.2, 0.25) is 6.43 Å². The molecule has 0 radical (unpaired) electrons. The maximum Gasteiger partial charge on any atom is 0.416 e. The molecule has 9 heteroatoms. The minimum absolute atomic E-state index is 0. The molecule has 0 aliphatic carbocycles. The molecule has 23 heavy (non-hydrogen) atoms. The molecule has 1 N–H and O–H groups in total. The van der Waals surface area contributed by atoms with Gasteiger partial charge >= 0.3 is 6.18 Å². The summed E-state index contributed by atoms with van der Waals surface area (Å²) in [5.41, 5.74) is -1.08. The Kier molecular flexibility index (Phi) is 7.51. The second-order valence-corrected chi connectivity index (χ2v) is 5.59. The molecule has 0 amide bonds. The lowest BCUT2D eigenvalue weighted by Crippen LogP contribution is -2.45. The summed E-state index contributed by atoms with van der Waals surface area (Å²) in [7, 11) is 0. The molecule has 1 fully saturated rings. The average molecular weight is 379 g/mol. The van der Waals surface area contributed by atoms with Crippen molar-refractivity contribution in [2.24, 2.45) is 0 Å². The minimum atomic E-state index is -4.63. The van der Waals surface area contributed by atoms with E-state index in [2.05, 4.69) is 5.32 Å². The molecule has 2 rings (SSSR count). The lowest BCUT2D eigenvalue weighted by Gasteiger charge is -2.36. The van der Waals surface area contributed by atoms with Crippen LogP contribution in [0, 0.1) is 0 Å². The maximum absolute atomic E-state index is 13.2. The van der Waals surface area contributed by atoms with Crippen LogP contribution in [0.2, 0.25) is 5.02 Å². The van der Waals surface area contributed by atoms with Crippen LogP contribution in [0.15, 0.2) is 18.2 Å². The molecular formula is C14H17Cl2F5N2. The quantitative estimate of drug-likeness (QED) is 0.782. The van der Waals surface area contributed by atoms with Crippen LogP contribution >= 0.6 is 24.0 Å². The fraction of sp³-hybridized carbons (Fsp3) is 0.571. The van der Waals surface area contributed by atoms with Crippen LogP contribution < -0.4 is 5.32 Å². The first-order valence-electron chi connectivity index (χ1n) is 6.88. The molecule has 132 valence electrons. The van der Waals surface area contributed by atoms with Gasteiger partial charge in [0.1, 0.15) is 0 Å². The number of nitrogens with zero attached hydrogens (tertiary/aromatic N) is 1. The topological polar surface area (TPSA) is 15.3 Å². The zero-order valence-electron chi connectivity index (χ0n) is 12.0. The van der Waals surface area contributed by atoms with Gasteiger partial charge in [0.05, 0.1) is 5.56 Å². The number of piperazine rings is 1. The van der Waals surface area contributed by atoms with E-state index in [9.17, 15) is 22.0 Å². The van der Waals surface area contributed by atoms with Gasteiger partial charge in [0.15, 0.2) is 0 Å². The molecule has 1 aliphatic rings. The largest absolute Gasteiger partial charge is 0.416 e. The normalized spacial score (nSPS) is 17.9. The molecule has 0 saturated carbocycles. The third kappa shape index (κ3) is 5.45. The number of benzene rings is 1. The van der Waals surface area contributed by atoms with E-state index in [1.54, 1.807) is 4.90 Å². The number of rotatable bonds is 4. The molecule has 1 aromatic carbocycles. The number of hydrogen-bond donors (Lipinski definition) is 1. The van der Waals surface area contributed by atoms with E-state index in [0.29, 0.717) is 26.2 Å². The van der Waals surface area contributed by atoms with Crippen LogP contribution in [-0.4, -0.2) is 37.5 Å². The van der Waals surface area contributed by atoms with E-state index >= 15 is 0 Å². The molecule has 1 aromatic rings. The van der Waals surface area contributed by atoms with Crippen molar-refractivity contribution < 1.29 is 22.0 Å². The maximum atomic E-state index is 13.2. The molecule has 0 spiro atoms.